The molecule has 80 valence electrons. The van der Waals surface area contributed by atoms with Crippen LogP contribution in [0.2, 0.25) is 0 Å². The van der Waals surface area contributed by atoms with E-state index in [0.29, 0.717) is 5.75 Å². The van der Waals surface area contributed by atoms with Crippen molar-refractivity contribution in [2.75, 3.05) is 12.9 Å². The summed E-state index contributed by atoms with van der Waals surface area (Å²) in [6.07, 6.45) is 0.912. The van der Waals surface area contributed by atoms with Gasteiger partial charge in [0.05, 0.1) is 5.71 Å². The highest BCUT2D eigenvalue weighted by molar-refractivity contribution is 7.99. The minimum Gasteiger partial charge on any atom is -0.508 e. The molecule has 0 saturated carbocycles. The molecule has 1 aromatic rings. The van der Waals surface area contributed by atoms with Gasteiger partial charge in [0.25, 0.3) is 0 Å². The minimum absolute atomic E-state index is 0.347. The van der Waals surface area contributed by atoms with Crippen molar-refractivity contribution in [3.05, 3.63) is 23.3 Å². The average molecular weight is 223 g/mol. The lowest BCUT2D eigenvalue weighted by molar-refractivity contribution is 0.213. The van der Waals surface area contributed by atoms with Crippen molar-refractivity contribution in [1.82, 2.24) is 0 Å². The number of hydrogen-bond donors (Lipinski definition) is 1. The Morgan fingerprint density at radius 3 is 3.00 bits per heavy atom. The van der Waals surface area contributed by atoms with Crippen LogP contribution in [0, 0.1) is 6.92 Å². The quantitative estimate of drug-likeness (QED) is 0.744. The van der Waals surface area contributed by atoms with E-state index in [-0.39, 0.29) is 0 Å². The second kappa shape index (κ2) is 4.14. The molecule has 1 aromatic carbocycles. The molecule has 15 heavy (non-hydrogen) atoms. The number of phenolic OH excluding ortho intramolecular Hbond substituents is 1. The maximum absolute atomic E-state index is 9.61. The molecule has 0 aliphatic carbocycles. The Labute approximate surface area is 93.1 Å². The number of hydrogen-bond acceptors (Lipinski definition) is 4. The van der Waals surface area contributed by atoms with Gasteiger partial charge in [-0.25, -0.2) is 0 Å². The van der Waals surface area contributed by atoms with E-state index in [1.54, 1.807) is 24.9 Å². The molecule has 4 heteroatoms. The first-order valence-electron chi connectivity index (χ1n) is 4.79. The van der Waals surface area contributed by atoms with E-state index in [1.165, 1.54) is 0 Å². The van der Waals surface area contributed by atoms with Crippen molar-refractivity contribution in [3.63, 3.8) is 0 Å². The monoisotopic (exact) mass is 223 g/mol. The van der Waals surface area contributed by atoms with Gasteiger partial charge in [-0.3, -0.25) is 0 Å². The van der Waals surface area contributed by atoms with Crippen LogP contribution in [0.1, 0.15) is 17.5 Å². The lowest BCUT2D eigenvalue weighted by atomic mass is 10.0. The Kier molecular flexibility index (Phi) is 2.86. The second-order valence-electron chi connectivity index (χ2n) is 3.45. The van der Waals surface area contributed by atoms with Gasteiger partial charge in [-0.1, -0.05) is 5.16 Å². The summed E-state index contributed by atoms with van der Waals surface area (Å²) in [5.74, 6) is 1.33. The largest absolute Gasteiger partial charge is 0.508 e. The van der Waals surface area contributed by atoms with Crippen molar-refractivity contribution in [1.29, 1.82) is 0 Å². The smallest absolute Gasteiger partial charge is 0.119 e. The fourth-order valence-electron chi connectivity index (χ4n) is 1.62. The molecule has 2 rings (SSSR count). The summed E-state index contributed by atoms with van der Waals surface area (Å²) < 4.78 is 0. The van der Waals surface area contributed by atoms with Gasteiger partial charge in [0, 0.05) is 22.6 Å². The Hall–Kier alpha value is -1.16. The molecule has 0 bridgehead atoms. The summed E-state index contributed by atoms with van der Waals surface area (Å²) in [5, 5.41) is 13.6. The van der Waals surface area contributed by atoms with Crippen LogP contribution in [-0.2, 0) is 4.84 Å². The fraction of sp³-hybridized carbons (Fsp3) is 0.364. The van der Waals surface area contributed by atoms with Gasteiger partial charge < -0.3 is 9.94 Å². The van der Waals surface area contributed by atoms with E-state index in [1.807, 2.05) is 13.0 Å². The Morgan fingerprint density at radius 2 is 2.27 bits per heavy atom. The maximum Gasteiger partial charge on any atom is 0.119 e. The normalized spacial score (nSPS) is 17.6. The molecule has 0 saturated heterocycles. The molecule has 0 fully saturated rings. The number of phenols is 1. The number of fused-ring (bicyclic) bond motifs is 1. The number of thioether (sulfide) groups is 1. The number of benzene rings is 1. The third-order valence-electron chi connectivity index (χ3n) is 2.41. The number of nitrogens with zero attached hydrogens (tertiary/aromatic N) is 1. The van der Waals surface area contributed by atoms with Gasteiger partial charge >= 0.3 is 0 Å². The van der Waals surface area contributed by atoms with E-state index >= 15 is 0 Å². The van der Waals surface area contributed by atoms with Crippen molar-refractivity contribution in [2.24, 2.45) is 5.16 Å². The van der Waals surface area contributed by atoms with E-state index in [2.05, 4.69) is 5.16 Å². The summed E-state index contributed by atoms with van der Waals surface area (Å²) in [5.41, 5.74) is 2.93. The molecule has 0 atom stereocenters. The van der Waals surface area contributed by atoms with Crippen LogP contribution in [-0.4, -0.2) is 23.7 Å². The van der Waals surface area contributed by atoms with Crippen molar-refractivity contribution >= 4 is 17.5 Å². The zero-order valence-corrected chi connectivity index (χ0v) is 9.60. The average Bonchev–Trinajstić information content (AvgIpc) is 2.21. The van der Waals surface area contributed by atoms with Crippen molar-refractivity contribution in [3.8, 4) is 5.75 Å². The minimum atomic E-state index is 0.347. The predicted molar refractivity (Wildman–Crippen MR) is 61.7 cm³/mol. The molecule has 1 aliphatic rings. The van der Waals surface area contributed by atoms with Gasteiger partial charge in [-0.15, -0.1) is 11.8 Å². The SMILES string of the molecule is CO/N=C1\CCSc2cc(O)c(C)cc21. The third-order valence-corrected chi connectivity index (χ3v) is 3.46. The standard InChI is InChI=1S/C11H13NO2S/c1-7-5-8-9(12-14-2)3-4-15-11(8)6-10(7)13/h5-6,13H,3-4H2,1-2H3/b12-9+. The number of aromatic hydroxyl groups is 1. The Bertz CT molecular complexity index is 415. The van der Waals surface area contributed by atoms with Crippen LogP contribution in [0.25, 0.3) is 0 Å². The van der Waals surface area contributed by atoms with Crippen LogP contribution in [0.15, 0.2) is 22.2 Å². The number of oxime groups is 1. The number of rotatable bonds is 1. The molecule has 0 unspecified atom stereocenters. The fourth-order valence-corrected chi connectivity index (χ4v) is 2.66. The molecular formula is C11H13NO2S. The summed E-state index contributed by atoms with van der Waals surface area (Å²) in [6, 6.07) is 3.77. The first-order valence-corrected chi connectivity index (χ1v) is 5.77. The third kappa shape index (κ3) is 1.95. The van der Waals surface area contributed by atoms with Crippen LogP contribution in [0.3, 0.4) is 0 Å². The first-order chi connectivity index (χ1) is 7.22. The van der Waals surface area contributed by atoms with E-state index in [0.717, 1.165) is 33.9 Å². The lowest BCUT2D eigenvalue weighted by Crippen LogP contribution is -2.10. The van der Waals surface area contributed by atoms with E-state index < -0.39 is 0 Å². The van der Waals surface area contributed by atoms with Crippen molar-refractivity contribution < 1.29 is 9.94 Å². The Morgan fingerprint density at radius 1 is 1.47 bits per heavy atom. The summed E-state index contributed by atoms with van der Waals surface area (Å²) in [7, 11) is 1.56. The molecule has 0 amide bonds. The molecule has 1 heterocycles. The van der Waals surface area contributed by atoms with Crippen LogP contribution < -0.4 is 0 Å². The van der Waals surface area contributed by atoms with Gasteiger partial charge in [0.2, 0.25) is 0 Å². The Balaban J connectivity index is 2.52. The zero-order chi connectivity index (χ0) is 10.8. The van der Waals surface area contributed by atoms with Crippen LogP contribution in [0.5, 0.6) is 5.75 Å². The highest BCUT2D eigenvalue weighted by Gasteiger charge is 2.18. The highest BCUT2D eigenvalue weighted by atomic mass is 32.2. The highest BCUT2D eigenvalue weighted by Crippen LogP contribution is 2.34. The van der Waals surface area contributed by atoms with Crippen LogP contribution >= 0.6 is 11.8 Å². The molecule has 0 spiro atoms. The van der Waals surface area contributed by atoms with Gasteiger partial charge in [-0.05, 0) is 24.6 Å². The molecule has 1 N–H and O–H groups in total. The van der Waals surface area contributed by atoms with Gasteiger partial charge in [0.15, 0.2) is 0 Å². The van der Waals surface area contributed by atoms with E-state index in [4.69, 9.17) is 4.84 Å². The zero-order valence-electron chi connectivity index (χ0n) is 8.78. The summed E-state index contributed by atoms with van der Waals surface area (Å²) >= 11 is 1.74. The molecular weight excluding hydrogens is 210 g/mol. The lowest BCUT2D eigenvalue weighted by Gasteiger charge is -2.17. The predicted octanol–water partition coefficient (Wildman–Crippen LogP) is 2.55. The topological polar surface area (TPSA) is 41.8 Å². The van der Waals surface area contributed by atoms with Crippen molar-refractivity contribution in [2.45, 2.75) is 18.2 Å². The first kappa shape index (κ1) is 10.4. The molecule has 3 nitrogen and oxygen atoms in total. The van der Waals surface area contributed by atoms with Crippen LogP contribution in [0.4, 0.5) is 0 Å². The molecule has 0 radical (unpaired) electrons. The molecule has 0 aromatic heterocycles. The second-order valence-corrected chi connectivity index (χ2v) is 4.59. The van der Waals surface area contributed by atoms with E-state index in [9.17, 15) is 5.11 Å². The number of aryl methyl sites for hydroxylation is 1. The van der Waals surface area contributed by atoms with Gasteiger partial charge in [-0.2, -0.15) is 0 Å². The molecule has 1 aliphatic heterocycles. The summed E-state index contributed by atoms with van der Waals surface area (Å²) in [6.45, 7) is 1.89. The maximum atomic E-state index is 9.61. The summed E-state index contributed by atoms with van der Waals surface area (Å²) in [4.78, 5) is 5.91. The van der Waals surface area contributed by atoms with Gasteiger partial charge in [0.1, 0.15) is 12.9 Å².